The molecule has 0 saturated carbocycles. The van der Waals surface area contributed by atoms with Crippen LogP contribution in [-0.2, 0) is 0 Å². The average Bonchev–Trinajstić information content (AvgIpc) is 3.83. The topological polar surface area (TPSA) is 69.1 Å². The highest BCUT2D eigenvalue weighted by Gasteiger charge is 2.19. The van der Waals surface area contributed by atoms with Crippen molar-refractivity contribution in [2.24, 2.45) is 4.99 Å². The minimum atomic E-state index is 0.570. The second-order valence-corrected chi connectivity index (χ2v) is 14.0. The summed E-state index contributed by atoms with van der Waals surface area (Å²) >= 11 is 0. The van der Waals surface area contributed by atoms with Gasteiger partial charge in [0.1, 0.15) is 11.2 Å². The van der Waals surface area contributed by atoms with Crippen molar-refractivity contribution in [1.29, 1.82) is 0 Å². The van der Waals surface area contributed by atoms with E-state index in [0.29, 0.717) is 17.5 Å². The molecule has 0 spiro atoms. The molecular weight excluding hydrogens is 699 g/mol. The van der Waals surface area contributed by atoms with Gasteiger partial charge in [-0.25, -0.2) is 15.0 Å². The molecule has 0 saturated heterocycles. The summed E-state index contributed by atoms with van der Waals surface area (Å²) in [5.41, 5.74) is 11.6. The van der Waals surface area contributed by atoms with E-state index in [-0.39, 0.29) is 0 Å². The van der Waals surface area contributed by atoms with E-state index in [9.17, 15) is 0 Å². The fourth-order valence-corrected chi connectivity index (χ4v) is 7.84. The number of para-hydroxylation sites is 4. The van der Waals surface area contributed by atoms with Crippen LogP contribution in [0.4, 0.5) is 0 Å². The lowest BCUT2D eigenvalue weighted by Gasteiger charge is -2.09. The quantitative estimate of drug-likeness (QED) is 0.115. The Morgan fingerprint density at radius 2 is 1.16 bits per heavy atom. The molecular formula is C51H35N5O. The first-order valence-electron chi connectivity index (χ1n) is 18.9. The van der Waals surface area contributed by atoms with E-state index in [1.165, 1.54) is 16.3 Å². The first-order chi connectivity index (χ1) is 28.1. The van der Waals surface area contributed by atoms with E-state index in [1.807, 2.05) is 73.7 Å². The molecule has 0 N–H and O–H groups in total. The molecule has 0 aliphatic rings. The van der Waals surface area contributed by atoms with Crippen LogP contribution in [0.25, 0.3) is 94.5 Å². The first-order valence-corrected chi connectivity index (χ1v) is 18.9. The minimum Gasteiger partial charge on any atom is -0.455 e. The van der Waals surface area contributed by atoms with Crippen molar-refractivity contribution in [3.8, 4) is 39.6 Å². The zero-order valence-electron chi connectivity index (χ0n) is 31.2. The van der Waals surface area contributed by atoms with Crippen LogP contribution in [0, 0.1) is 0 Å². The van der Waals surface area contributed by atoms with Crippen LogP contribution in [0.3, 0.4) is 0 Å². The van der Waals surface area contributed by atoms with E-state index in [1.54, 1.807) is 6.20 Å². The smallest absolute Gasteiger partial charge is 0.164 e. The number of hydrogen-bond acceptors (Lipinski definition) is 5. The Labute approximate surface area is 329 Å². The molecule has 7 aromatic carbocycles. The van der Waals surface area contributed by atoms with Gasteiger partial charge in [-0.15, -0.1) is 0 Å². The number of rotatable bonds is 8. The zero-order chi connectivity index (χ0) is 38.3. The summed E-state index contributed by atoms with van der Waals surface area (Å²) < 4.78 is 9.27. The molecule has 10 aromatic rings. The standard InChI is InChI=1S/C51H35N5O/c1-33(49-53-50(34-16-6-3-7-17-34)55-51(54-49)35-18-8-4-9-19-35)30-37(32-52-2)40-24-15-26-43-42-25-14-23-39(47(42)57-48(40)43)36-28-29-46-44(31-36)41-22-12-13-27-45(41)56(46)38-20-10-5-11-21-38/h3-32H,2H2,1H3/b33-30+,37-32+. The van der Waals surface area contributed by atoms with Crippen LogP contribution in [0.5, 0.6) is 0 Å². The second kappa shape index (κ2) is 14.2. The highest BCUT2D eigenvalue weighted by atomic mass is 16.3. The van der Waals surface area contributed by atoms with Gasteiger partial charge in [0.25, 0.3) is 0 Å². The molecule has 57 heavy (non-hydrogen) atoms. The lowest BCUT2D eigenvalue weighted by molar-refractivity contribution is 0.669. The summed E-state index contributed by atoms with van der Waals surface area (Å²) in [5.74, 6) is 1.78. The predicted octanol–water partition coefficient (Wildman–Crippen LogP) is 13.0. The Kier molecular flexibility index (Phi) is 8.42. The molecule has 0 aliphatic carbocycles. The molecule has 10 rings (SSSR count). The maximum Gasteiger partial charge on any atom is 0.164 e. The molecule has 0 aliphatic heterocycles. The van der Waals surface area contributed by atoms with Crippen LogP contribution in [0.15, 0.2) is 192 Å². The molecule has 6 heteroatoms. The Hall–Kier alpha value is -7.70. The molecule has 0 atom stereocenters. The normalized spacial score (nSPS) is 12.2. The molecule has 270 valence electrons. The fraction of sp³-hybridized carbons (Fsp3) is 0.0196. The Balaban J connectivity index is 1.10. The second-order valence-electron chi connectivity index (χ2n) is 14.0. The molecule has 3 heterocycles. The van der Waals surface area contributed by atoms with E-state index in [4.69, 9.17) is 19.4 Å². The average molecular weight is 734 g/mol. The number of aromatic nitrogens is 4. The van der Waals surface area contributed by atoms with Crippen molar-refractivity contribution in [1.82, 2.24) is 19.5 Å². The third-order valence-electron chi connectivity index (χ3n) is 10.5. The van der Waals surface area contributed by atoms with E-state index < -0.39 is 0 Å². The summed E-state index contributed by atoms with van der Waals surface area (Å²) in [6.07, 6.45) is 3.81. The highest BCUT2D eigenvalue weighted by Crippen LogP contribution is 2.41. The number of furan rings is 1. The van der Waals surface area contributed by atoms with Crippen LogP contribution in [0.1, 0.15) is 18.3 Å². The largest absolute Gasteiger partial charge is 0.455 e. The van der Waals surface area contributed by atoms with Gasteiger partial charge in [0.15, 0.2) is 17.5 Å². The SMILES string of the molecule is C=N/C=C(\C=C(/C)c1nc(-c2ccccc2)nc(-c2ccccc2)n1)c1cccc2c1oc1c(-c3ccc4c(c3)c3ccccc3n4-c3ccccc3)cccc12. The molecule has 0 unspecified atom stereocenters. The van der Waals surface area contributed by atoms with Crippen LogP contribution in [0.2, 0.25) is 0 Å². The van der Waals surface area contributed by atoms with Crippen molar-refractivity contribution in [2.75, 3.05) is 0 Å². The molecule has 6 nitrogen and oxygen atoms in total. The van der Waals surface area contributed by atoms with Gasteiger partial charge < -0.3 is 8.98 Å². The number of benzene rings is 7. The highest BCUT2D eigenvalue weighted by molar-refractivity contribution is 6.14. The van der Waals surface area contributed by atoms with Crippen LogP contribution in [-0.4, -0.2) is 26.2 Å². The van der Waals surface area contributed by atoms with E-state index in [0.717, 1.165) is 72.1 Å². The lowest BCUT2D eigenvalue weighted by atomic mass is 9.98. The van der Waals surface area contributed by atoms with Crippen molar-refractivity contribution in [2.45, 2.75) is 6.92 Å². The first kappa shape index (κ1) is 33.8. The van der Waals surface area contributed by atoms with E-state index >= 15 is 0 Å². The summed E-state index contributed by atoms with van der Waals surface area (Å²) in [4.78, 5) is 19.0. The number of nitrogens with zero attached hydrogens (tertiary/aromatic N) is 5. The van der Waals surface area contributed by atoms with Crippen molar-refractivity contribution >= 4 is 61.6 Å². The fourth-order valence-electron chi connectivity index (χ4n) is 7.84. The molecule has 0 radical (unpaired) electrons. The van der Waals surface area contributed by atoms with Crippen LogP contribution >= 0.6 is 0 Å². The van der Waals surface area contributed by atoms with Crippen molar-refractivity contribution in [3.63, 3.8) is 0 Å². The molecule has 0 amide bonds. The predicted molar refractivity (Wildman–Crippen MR) is 235 cm³/mol. The van der Waals surface area contributed by atoms with Gasteiger partial charge in [0, 0.05) is 61.3 Å². The van der Waals surface area contributed by atoms with Gasteiger partial charge in [0.2, 0.25) is 0 Å². The van der Waals surface area contributed by atoms with Gasteiger partial charge in [-0.05, 0) is 61.2 Å². The monoisotopic (exact) mass is 733 g/mol. The third kappa shape index (κ3) is 6.01. The van der Waals surface area contributed by atoms with Gasteiger partial charge in [-0.3, -0.25) is 4.99 Å². The van der Waals surface area contributed by atoms with E-state index in [2.05, 4.69) is 125 Å². The van der Waals surface area contributed by atoms with Gasteiger partial charge >= 0.3 is 0 Å². The maximum atomic E-state index is 6.93. The maximum absolute atomic E-state index is 6.93. The van der Waals surface area contributed by atoms with Crippen molar-refractivity contribution < 1.29 is 4.42 Å². The van der Waals surface area contributed by atoms with Gasteiger partial charge in [0.05, 0.1) is 11.0 Å². The van der Waals surface area contributed by atoms with Gasteiger partial charge in [-0.1, -0.05) is 140 Å². The summed E-state index contributed by atoms with van der Waals surface area (Å²) in [7, 11) is 0. The lowest BCUT2D eigenvalue weighted by Crippen LogP contribution is -2.02. The summed E-state index contributed by atoms with van der Waals surface area (Å²) in [6, 6.07) is 58.4. The third-order valence-corrected chi connectivity index (χ3v) is 10.5. The number of hydrogen-bond donors (Lipinski definition) is 0. The van der Waals surface area contributed by atoms with Crippen molar-refractivity contribution in [3.05, 3.63) is 194 Å². The summed E-state index contributed by atoms with van der Waals surface area (Å²) in [5, 5.41) is 4.45. The summed E-state index contributed by atoms with van der Waals surface area (Å²) in [6.45, 7) is 5.84. The number of allylic oxidation sites excluding steroid dienone is 3. The Morgan fingerprint density at radius 1 is 0.561 bits per heavy atom. The molecule has 0 fully saturated rings. The Bertz CT molecular complexity index is 3140. The minimum absolute atomic E-state index is 0.570. The molecule has 3 aromatic heterocycles. The number of aliphatic imine (C=N–C) groups is 1. The zero-order valence-corrected chi connectivity index (χ0v) is 31.2. The number of fused-ring (bicyclic) bond motifs is 6. The van der Waals surface area contributed by atoms with Crippen LogP contribution < -0.4 is 0 Å². The Morgan fingerprint density at radius 3 is 1.86 bits per heavy atom. The van der Waals surface area contributed by atoms with Gasteiger partial charge in [-0.2, -0.15) is 0 Å². The molecule has 0 bridgehead atoms.